The number of aryl methyl sites for hydroxylation is 1. The van der Waals surface area contributed by atoms with Crippen molar-refractivity contribution in [3.8, 4) is 0 Å². The maximum Gasteiger partial charge on any atom is 0.115 e. The summed E-state index contributed by atoms with van der Waals surface area (Å²) in [6.07, 6.45) is 2.59. The SMILES string of the molecule is CC[N+](C)(C)[C@@H]1CCc2ccccc21. The largest absolute Gasteiger partial charge is 0.323 e. The summed E-state index contributed by atoms with van der Waals surface area (Å²) in [5, 5.41) is 0. The van der Waals surface area contributed by atoms with Gasteiger partial charge in [-0.25, -0.2) is 0 Å². The monoisotopic (exact) mass is 190 g/mol. The predicted molar refractivity (Wildman–Crippen MR) is 60.2 cm³/mol. The molecule has 0 heterocycles. The smallest absolute Gasteiger partial charge is 0.115 e. The maximum atomic E-state index is 2.34. The first-order valence-corrected chi connectivity index (χ1v) is 5.55. The molecule has 1 aromatic rings. The van der Waals surface area contributed by atoms with Gasteiger partial charge >= 0.3 is 0 Å². The number of benzene rings is 1. The summed E-state index contributed by atoms with van der Waals surface area (Å²) in [5.41, 5.74) is 3.15. The minimum atomic E-state index is 0.719. The van der Waals surface area contributed by atoms with Crippen LogP contribution < -0.4 is 0 Å². The van der Waals surface area contributed by atoms with Crippen molar-refractivity contribution in [3.05, 3.63) is 35.4 Å². The molecule has 0 saturated carbocycles. The summed E-state index contributed by atoms with van der Waals surface area (Å²) in [6.45, 7) is 3.49. The van der Waals surface area contributed by atoms with Gasteiger partial charge in [-0.1, -0.05) is 24.3 Å². The van der Waals surface area contributed by atoms with Crippen LogP contribution in [0.4, 0.5) is 0 Å². The van der Waals surface area contributed by atoms with E-state index in [1.54, 1.807) is 11.1 Å². The Labute approximate surface area is 86.9 Å². The molecule has 0 spiro atoms. The lowest BCUT2D eigenvalue weighted by atomic mass is 10.1. The highest BCUT2D eigenvalue weighted by atomic mass is 15.3. The first-order chi connectivity index (χ1) is 6.65. The molecule has 2 rings (SSSR count). The highest BCUT2D eigenvalue weighted by molar-refractivity contribution is 5.33. The van der Waals surface area contributed by atoms with Gasteiger partial charge < -0.3 is 4.48 Å². The van der Waals surface area contributed by atoms with Gasteiger partial charge in [0.05, 0.1) is 20.6 Å². The highest BCUT2D eigenvalue weighted by Gasteiger charge is 2.33. The lowest BCUT2D eigenvalue weighted by Crippen LogP contribution is -2.41. The third kappa shape index (κ3) is 1.46. The maximum absolute atomic E-state index is 2.34. The molecule has 1 atom stereocenters. The molecule has 0 radical (unpaired) electrons. The Hall–Kier alpha value is -0.820. The topological polar surface area (TPSA) is 0 Å². The van der Waals surface area contributed by atoms with Crippen LogP contribution in [0.5, 0.6) is 0 Å². The van der Waals surface area contributed by atoms with E-state index >= 15 is 0 Å². The molecule has 76 valence electrons. The zero-order valence-electron chi connectivity index (χ0n) is 9.46. The lowest BCUT2D eigenvalue weighted by molar-refractivity contribution is -0.919. The van der Waals surface area contributed by atoms with Gasteiger partial charge in [0.15, 0.2) is 0 Å². The number of nitrogens with zero attached hydrogens (tertiary/aromatic N) is 1. The van der Waals surface area contributed by atoms with Crippen molar-refractivity contribution in [1.82, 2.24) is 0 Å². The van der Waals surface area contributed by atoms with Crippen LogP contribution in [0.3, 0.4) is 0 Å². The van der Waals surface area contributed by atoms with E-state index in [1.165, 1.54) is 19.4 Å². The zero-order valence-corrected chi connectivity index (χ0v) is 9.46. The summed E-state index contributed by atoms with van der Waals surface area (Å²) in [5.74, 6) is 0. The van der Waals surface area contributed by atoms with Gasteiger partial charge in [0, 0.05) is 12.0 Å². The Morgan fingerprint density at radius 2 is 2.00 bits per heavy atom. The second-order valence-electron chi connectivity index (χ2n) is 4.85. The van der Waals surface area contributed by atoms with Gasteiger partial charge in [-0.05, 0) is 18.9 Å². The summed E-state index contributed by atoms with van der Waals surface area (Å²) in [6, 6.07) is 9.64. The fraction of sp³-hybridized carbons (Fsp3) is 0.538. The number of hydrogen-bond donors (Lipinski definition) is 0. The van der Waals surface area contributed by atoms with Crippen molar-refractivity contribution >= 4 is 0 Å². The minimum Gasteiger partial charge on any atom is -0.323 e. The van der Waals surface area contributed by atoms with Crippen LogP contribution in [0, 0.1) is 0 Å². The molecule has 1 aromatic carbocycles. The van der Waals surface area contributed by atoms with Crippen molar-refractivity contribution in [1.29, 1.82) is 0 Å². The Bertz CT molecular complexity index is 328. The minimum absolute atomic E-state index is 0.719. The van der Waals surface area contributed by atoms with Crippen LogP contribution in [0.2, 0.25) is 0 Å². The van der Waals surface area contributed by atoms with E-state index in [2.05, 4.69) is 45.3 Å². The molecule has 1 aliphatic rings. The van der Waals surface area contributed by atoms with Gasteiger partial charge in [-0.15, -0.1) is 0 Å². The highest BCUT2D eigenvalue weighted by Crippen LogP contribution is 2.37. The van der Waals surface area contributed by atoms with Crippen molar-refractivity contribution in [3.63, 3.8) is 0 Å². The fourth-order valence-corrected chi connectivity index (χ4v) is 2.48. The van der Waals surface area contributed by atoms with E-state index in [0.717, 1.165) is 10.5 Å². The Balaban J connectivity index is 2.35. The third-order valence-electron chi connectivity index (χ3n) is 3.76. The van der Waals surface area contributed by atoms with E-state index in [-0.39, 0.29) is 0 Å². The molecule has 0 fully saturated rings. The average molecular weight is 190 g/mol. The van der Waals surface area contributed by atoms with Crippen molar-refractivity contribution < 1.29 is 4.48 Å². The first-order valence-electron chi connectivity index (χ1n) is 5.55. The molecule has 1 heteroatoms. The van der Waals surface area contributed by atoms with Crippen LogP contribution in [0.15, 0.2) is 24.3 Å². The second-order valence-corrected chi connectivity index (χ2v) is 4.85. The fourth-order valence-electron chi connectivity index (χ4n) is 2.48. The quantitative estimate of drug-likeness (QED) is 0.629. The van der Waals surface area contributed by atoms with E-state index in [1.807, 2.05) is 0 Å². The molecule has 0 bridgehead atoms. The molecule has 0 amide bonds. The Morgan fingerprint density at radius 1 is 1.29 bits per heavy atom. The summed E-state index contributed by atoms with van der Waals surface area (Å²) >= 11 is 0. The molecule has 0 aromatic heterocycles. The van der Waals surface area contributed by atoms with Gasteiger partial charge in [0.1, 0.15) is 6.04 Å². The normalized spacial score (nSPS) is 20.9. The molecule has 1 aliphatic carbocycles. The first kappa shape index (κ1) is 9.72. The van der Waals surface area contributed by atoms with Crippen LogP contribution in [-0.4, -0.2) is 25.1 Å². The van der Waals surface area contributed by atoms with Crippen LogP contribution >= 0.6 is 0 Å². The molecule has 0 saturated heterocycles. The standard InChI is InChI=1S/C13H20N/c1-4-14(2,3)13-10-9-11-7-5-6-8-12(11)13/h5-8,13H,4,9-10H2,1-3H3/q+1/t13-/m1/s1. The number of fused-ring (bicyclic) bond motifs is 1. The molecule has 1 nitrogen and oxygen atoms in total. The average Bonchev–Trinajstić information content (AvgIpc) is 2.61. The summed E-state index contributed by atoms with van der Waals surface area (Å²) in [7, 11) is 4.68. The van der Waals surface area contributed by atoms with Crippen molar-refractivity contribution in [2.75, 3.05) is 20.6 Å². The van der Waals surface area contributed by atoms with Gasteiger partial charge in [0.2, 0.25) is 0 Å². The van der Waals surface area contributed by atoms with Gasteiger partial charge in [0.25, 0.3) is 0 Å². The number of hydrogen-bond acceptors (Lipinski definition) is 0. The van der Waals surface area contributed by atoms with E-state index in [0.29, 0.717) is 0 Å². The lowest BCUT2D eigenvalue weighted by Gasteiger charge is -2.35. The summed E-state index contributed by atoms with van der Waals surface area (Å²) in [4.78, 5) is 0. The third-order valence-corrected chi connectivity index (χ3v) is 3.76. The summed E-state index contributed by atoms with van der Waals surface area (Å²) < 4.78 is 1.12. The van der Waals surface area contributed by atoms with Crippen LogP contribution in [0.25, 0.3) is 0 Å². The van der Waals surface area contributed by atoms with E-state index in [9.17, 15) is 0 Å². The predicted octanol–water partition coefficient (Wildman–Crippen LogP) is 2.77. The molecule has 0 unspecified atom stereocenters. The van der Waals surface area contributed by atoms with Crippen molar-refractivity contribution in [2.24, 2.45) is 0 Å². The Morgan fingerprint density at radius 3 is 2.71 bits per heavy atom. The Kier molecular flexibility index (Phi) is 2.36. The molecular formula is C13H20N+. The zero-order chi connectivity index (χ0) is 10.2. The van der Waals surface area contributed by atoms with Gasteiger partial charge in [-0.2, -0.15) is 0 Å². The second kappa shape index (κ2) is 3.39. The van der Waals surface area contributed by atoms with Crippen LogP contribution in [-0.2, 0) is 6.42 Å². The molecule has 0 N–H and O–H groups in total. The number of rotatable bonds is 2. The van der Waals surface area contributed by atoms with Gasteiger partial charge in [-0.3, -0.25) is 0 Å². The molecule has 14 heavy (non-hydrogen) atoms. The van der Waals surface area contributed by atoms with Crippen molar-refractivity contribution in [2.45, 2.75) is 25.8 Å². The van der Waals surface area contributed by atoms with E-state index < -0.39 is 0 Å². The van der Waals surface area contributed by atoms with E-state index in [4.69, 9.17) is 0 Å². The number of quaternary nitrogens is 1. The molecular weight excluding hydrogens is 170 g/mol. The molecule has 0 aliphatic heterocycles. The van der Waals surface area contributed by atoms with Crippen LogP contribution in [0.1, 0.15) is 30.5 Å².